The summed E-state index contributed by atoms with van der Waals surface area (Å²) in [7, 11) is 0. The van der Waals surface area contributed by atoms with Crippen molar-refractivity contribution in [1.29, 1.82) is 5.26 Å². The molecule has 2 heterocycles. The van der Waals surface area contributed by atoms with Crippen LogP contribution in [0.3, 0.4) is 0 Å². The van der Waals surface area contributed by atoms with E-state index in [4.69, 9.17) is 4.74 Å². The van der Waals surface area contributed by atoms with Gasteiger partial charge in [0.25, 0.3) is 0 Å². The van der Waals surface area contributed by atoms with Gasteiger partial charge in [-0.1, -0.05) is 24.3 Å². The molecule has 2 aromatic rings. The molecule has 0 radical (unpaired) electrons. The van der Waals surface area contributed by atoms with E-state index in [0.717, 1.165) is 10.9 Å². The van der Waals surface area contributed by atoms with Gasteiger partial charge in [0, 0.05) is 11.0 Å². The number of carbonyl (C=O) groups is 1. The number of rotatable bonds is 2. The van der Waals surface area contributed by atoms with Gasteiger partial charge in [-0.3, -0.25) is 9.78 Å². The molecular weight excluding hydrogens is 288 g/mol. The fraction of sp³-hybridized carbons (Fsp3) is 0.211. The van der Waals surface area contributed by atoms with Crippen molar-refractivity contribution in [2.45, 2.75) is 26.7 Å². The van der Waals surface area contributed by atoms with Gasteiger partial charge < -0.3 is 4.74 Å². The minimum atomic E-state index is -0.476. The summed E-state index contributed by atoms with van der Waals surface area (Å²) in [5.74, 6) is 0.475. The third kappa shape index (κ3) is 2.51. The molecule has 0 aliphatic carbocycles. The number of para-hydroxylation sites is 1. The molecule has 4 heteroatoms. The van der Waals surface area contributed by atoms with E-state index in [-0.39, 0.29) is 5.78 Å². The summed E-state index contributed by atoms with van der Waals surface area (Å²) in [6, 6.07) is 13.8. The number of benzene rings is 1. The summed E-state index contributed by atoms with van der Waals surface area (Å²) in [5.41, 5.74) is 2.46. The Bertz CT molecular complexity index is 916. The molecule has 0 fully saturated rings. The lowest BCUT2D eigenvalue weighted by Gasteiger charge is -2.26. The third-order valence-corrected chi connectivity index (χ3v) is 4.06. The zero-order valence-corrected chi connectivity index (χ0v) is 13.3. The molecule has 0 N–H and O–H groups in total. The lowest BCUT2D eigenvalue weighted by molar-refractivity contribution is -0.114. The highest BCUT2D eigenvalue weighted by molar-refractivity contribution is 5.96. The smallest absolute Gasteiger partial charge is 0.160 e. The van der Waals surface area contributed by atoms with E-state index in [9.17, 15) is 10.1 Å². The molecule has 1 aromatic carbocycles. The van der Waals surface area contributed by atoms with E-state index < -0.39 is 5.92 Å². The van der Waals surface area contributed by atoms with Gasteiger partial charge in [0.1, 0.15) is 11.5 Å². The highest BCUT2D eigenvalue weighted by Gasteiger charge is 2.34. The molecule has 0 saturated carbocycles. The Morgan fingerprint density at radius 3 is 2.61 bits per heavy atom. The zero-order chi connectivity index (χ0) is 16.6. The van der Waals surface area contributed by atoms with Crippen LogP contribution in [0.1, 0.15) is 32.4 Å². The quantitative estimate of drug-likeness (QED) is 0.841. The van der Waals surface area contributed by atoms with E-state index in [0.29, 0.717) is 28.4 Å². The Balaban J connectivity index is 2.24. The monoisotopic (exact) mass is 304 g/mol. The Kier molecular flexibility index (Phi) is 3.71. The van der Waals surface area contributed by atoms with Gasteiger partial charge in [-0.15, -0.1) is 0 Å². The molecular formula is C19H16N2O2. The molecule has 4 nitrogen and oxygen atoms in total. The van der Waals surface area contributed by atoms with Crippen LogP contribution in [0.25, 0.3) is 10.9 Å². The molecule has 3 rings (SSSR count). The van der Waals surface area contributed by atoms with Crippen molar-refractivity contribution in [2.75, 3.05) is 0 Å². The first kappa shape index (κ1) is 15.0. The van der Waals surface area contributed by atoms with Gasteiger partial charge in [0.2, 0.25) is 0 Å². The molecule has 0 saturated heterocycles. The maximum Gasteiger partial charge on any atom is 0.160 e. The molecule has 0 spiro atoms. The SMILES string of the molecule is CC(=O)C1=C(C)OC(C)=C(C#N)C1c1ccc2ccccc2n1. The van der Waals surface area contributed by atoms with E-state index in [2.05, 4.69) is 11.1 Å². The van der Waals surface area contributed by atoms with Gasteiger partial charge in [0.05, 0.1) is 28.8 Å². The fourth-order valence-corrected chi connectivity index (χ4v) is 3.02. The highest BCUT2D eigenvalue weighted by atomic mass is 16.5. The van der Waals surface area contributed by atoms with Crippen LogP contribution in [0.5, 0.6) is 0 Å². The number of Topliss-reactive ketones (excluding diaryl/α,β-unsaturated/α-hetero) is 1. The van der Waals surface area contributed by atoms with E-state index in [1.54, 1.807) is 13.8 Å². The van der Waals surface area contributed by atoms with Crippen LogP contribution in [0.2, 0.25) is 0 Å². The van der Waals surface area contributed by atoms with Gasteiger partial charge in [-0.25, -0.2) is 0 Å². The summed E-state index contributed by atoms with van der Waals surface area (Å²) in [6.45, 7) is 4.99. The number of nitriles is 1. The van der Waals surface area contributed by atoms with Crippen molar-refractivity contribution >= 4 is 16.7 Å². The highest BCUT2D eigenvalue weighted by Crippen LogP contribution is 2.39. The van der Waals surface area contributed by atoms with Crippen molar-refractivity contribution in [3.63, 3.8) is 0 Å². The van der Waals surface area contributed by atoms with Crippen LogP contribution in [-0.2, 0) is 9.53 Å². The number of allylic oxidation sites excluding steroid dienone is 4. The van der Waals surface area contributed by atoms with E-state index in [1.807, 2.05) is 36.4 Å². The van der Waals surface area contributed by atoms with Crippen LogP contribution in [-0.4, -0.2) is 10.8 Å². The Morgan fingerprint density at radius 2 is 1.91 bits per heavy atom. The number of pyridine rings is 1. The lowest BCUT2D eigenvalue weighted by Crippen LogP contribution is -2.20. The maximum absolute atomic E-state index is 12.1. The Hall–Kier alpha value is -2.93. The van der Waals surface area contributed by atoms with Crippen molar-refractivity contribution in [3.8, 4) is 6.07 Å². The van der Waals surface area contributed by atoms with Crippen molar-refractivity contribution < 1.29 is 9.53 Å². The molecule has 1 atom stereocenters. The van der Waals surface area contributed by atoms with Crippen molar-refractivity contribution in [3.05, 3.63) is 64.8 Å². The molecule has 114 valence electrons. The van der Waals surface area contributed by atoms with Crippen LogP contribution < -0.4 is 0 Å². The zero-order valence-electron chi connectivity index (χ0n) is 13.3. The Labute approximate surface area is 134 Å². The second-order valence-electron chi connectivity index (χ2n) is 5.57. The number of hydrogen-bond acceptors (Lipinski definition) is 4. The molecule has 0 bridgehead atoms. The Morgan fingerprint density at radius 1 is 1.17 bits per heavy atom. The average molecular weight is 304 g/mol. The normalized spacial score (nSPS) is 17.9. The number of hydrogen-bond donors (Lipinski definition) is 0. The molecule has 0 amide bonds. The second kappa shape index (κ2) is 5.69. The fourth-order valence-electron chi connectivity index (χ4n) is 3.02. The summed E-state index contributed by atoms with van der Waals surface area (Å²) in [4.78, 5) is 16.8. The molecule has 1 aromatic heterocycles. The van der Waals surface area contributed by atoms with Crippen LogP contribution >= 0.6 is 0 Å². The van der Waals surface area contributed by atoms with Crippen molar-refractivity contribution in [2.24, 2.45) is 0 Å². The van der Waals surface area contributed by atoms with Crippen molar-refractivity contribution in [1.82, 2.24) is 4.98 Å². The number of aromatic nitrogens is 1. The molecule has 1 unspecified atom stereocenters. The third-order valence-electron chi connectivity index (χ3n) is 4.06. The van der Waals surface area contributed by atoms with Crippen LogP contribution in [0, 0.1) is 11.3 Å². The minimum Gasteiger partial charge on any atom is -0.465 e. The maximum atomic E-state index is 12.1. The number of nitrogens with zero attached hydrogens (tertiary/aromatic N) is 2. The number of ketones is 1. The largest absolute Gasteiger partial charge is 0.465 e. The average Bonchev–Trinajstić information content (AvgIpc) is 2.53. The van der Waals surface area contributed by atoms with E-state index >= 15 is 0 Å². The summed E-state index contributed by atoms with van der Waals surface area (Å²) >= 11 is 0. The number of fused-ring (bicyclic) bond motifs is 1. The molecule has 1 aliphatic rings. The molecule has 1 aliphatic heterocycles. The first-order valence-corrected chi connectivity index (χ1v) is 7.39. The minimum absolute atomic E-state index is 0.109. The van der Waals surface area contributed by atoms with Gasteiger partial charge >= 0.3 is 0 Å². The number of ether oxygens (including phenoxy) is 1. The number of carbonyl (C=O) groups excluding carboxylic acids is 1. The van der Waals surface area contributed by atoms with Crippen LogP contribution in [0.4, 0.5) is 0 Å². The predicted octanol–water partition coefficient (Wildman–Crippen LogP) is 4.01. The second-order valence-corrected chi connectivity index (χ2v) is 5.57. The van der Waals surface area contributed by atoms with Gasteiger partial charge in [-0.05, 0) is 32.9 Å². The first-order chi connectivity index (χ1) is 11.0. The summed E-state index contributed by atoms with van der Waals surface area (Å²) < 4.78 is 5.59. The molecule has 23 heavy (non-hydrogen) atoms. The van der Waals surface area contributed by atoms with Crippen LogP contribution in [0.15, 0.2) is 59.1 Å². The lowest BCUT2D eigenvalue weighted by atomic mass is 9.83. The predicted molar refractivity (Wildman–Crippen MR) is 87.3 cm³/mol. The summed E-state index contributed by atoms with van der Waals surface area (Å²) in [5, 5.41) is 10.6. The topological polar surface area (TPSA) is 63.0 Å². The summed E-state index contributed by atoms with van der Waals surface area (Å²) in [6.07, 6.45) is 0. The van der Waals surface area contributed by atoms with Gasteiger partial charge in [0.15, 0.2) is 5.78 Å². The first-order valence-electron chi connectivity index (χ1n) is 7.39. The van der Waals surface area contributed by atoms with E-state index in [1.165, 1.54) is 6.92 Å². The standard InChI is InChI=1S/C19H16N2O2/c1-11(22)18-13(3)23-12(2)15(10-20)19(18)17-9-8-14-6-4-5-7-16(14)21-17/h4-9,19H,1-3H3. The van der Waals surface area contributed by atoms with Gasteiger partial charge in [-0.2, -0.15) is 5.26 Å².